The predicted molar refractivity (Wildman–Crippen MR) is 149 cm³/mol. The van der Waals surface area contributed by atoms with Crippen molar-refractivity contribution < 1.29 is 19.4 Å². The maximum Gasteiger partial charge on any atom is 0.303 e. The van der Waals surface area contributed by atoms with E-state index in [0.29, 0.717) is 29.6 Å². The van der Waals surface area contributed by atoms with Gasteiger partial charge in [-0.1, -0.05) is 48.5 Å². The van der Waals surface area contributed by atoms with Crippen molar-refractivity contribution in [3.05, 3.63) is 69.6 Å². The van der Waals surface area contributed by atoms with Crippen molar-refractivity contribution in [3.8, 4) is 17.0 Å². The van der Waals surface area contributed by atoms with Crippen LogP contribution in [-0.2, 0) is 35.5 Å². The number of unbranched alkanes of at least 4 members (excludes halogenated alkanes) is 4. The Bertz CT molecular complexity index is 1250. The Hall–Kier alpha value is -3.03. The number of rotatable bonds is 14. The topological polar surface area (TPSA) is 93.4 Å². The molecule has 2 aromatic carbocycles. The minimum Gasteiger partial charge on any atom is -0.493 e. The Labute approximate surface area is 233 Å². The predicted octanol–water partition coefficient (Wildman–Crippen LogP) is 6.47. The second kappa shape index (κ2) is 13.7. The first-order chi connectivity index (χ1) is 18.4. The Balaban J connectivity index is 1.37. The van der Waals surface area contributed by atoms with E-state index in [1.54, 1.807) is 18.2 Å². The second-order valence-electron chi connectivity index (χ2n) is 9.62. The summed E-state index contributed by atoms with van der Waals surface area (Å²) < 4.78 is 8.31. The summed E-state index contributed by atoms with van der Waals surface area (Å²) in [7, 11) is 0. The summed E-state index contributed by atoms with van der Waals surface area (Å²) >= 11 is 12.1. The smallest absolute Gasteiger partial charge is 0.303 e. The van der Waals surface area contributed by atoms with Crippen LogP contribution in [0.2, 0.25) is 10.0 Å². The first-order valence-electron chi connectivity index (χ1n) is 13.1. The molecular formula is C29H33Cl2N3O4. The molecule has 38 heavy (non-hydrogen) atoms. The van der Waals surface area contributed by atoms with E-state index in [4.69, 9.17) is 38.0 Å². The second-order valence-corrected chi connectivity index (χ2v) is 10.4. The van der Waals surface area contributed by atoms with Crippen LogP contribution in [0, 0.1) is 0 Å². The summed E-state index contributed by atoms with van der Waals surface area (Å²) in [4.78, 5) is 28.1. The highest BCUT2D eigenvalue weighted by atomic mass is 35.5. The molecule has 1 aromatic heterocycles. The van der Waals surface area contributed by atoms with Gasteiger partial charge in [-0.2, -0.15) is 0 Å². The minimum atomic E-state index is -0.742. The number of carbonyl (C=O) groups is 2. The van der Waals surface area contributed by atoms with E-state index in [9.17, 15) is 9.59 Å². The summed E-state index contributed by atoms with van der Waals surface area (Å²) in [6.07, 6.45) is 9.10. The zero-order valence-corrected chi connectivity index (χ0v) is 22.9. The third kappa shape index (κ3) is 7.98. The lowest BCUT2D eigenvalue weighted by Gasteiger charge is -2.14. The Morgan fingerprint density at radius 1 is 1.03 bits per heavy atom. The third-order valence-electron chi connectivity index (χ3n) is 6.63. The van der Waals surface area contributed by atoms with Gasteiger partial charge in [0.15, 0.2) is 0 Å². The Kier molecular flexibility index (Phi) is 10.1. The number of hydrogen-bond acceptors (Lipinski definition) is 4. The fraction of sp³-hybridized carbons (Fsp3) is 0.414. The van der Waals surface area contributed by atoms with Crippen LogP contribution in [-0.4, -0.2) is 33.1 Å². The van der Waals surface area contributed by atoms with Crippen LogP contribution in [0.5, 0.6) is 5.75 Å². The van der Waals surface area contributed by atoms with E-state index in [-0.39, 0.29) is 18.7 Å². The van der Waals surface area contributed by atoms with Crippen LogP contribution >= 0.6 is 23.2 Å². The number of hydrogen-bond donors (Lipinski definition) is 2. The van der Waals surface area contributed by atoms with Crippen molar-refractivity contribution in [1.82, 2.24) is 14.9 Å². The number of halogens is 2. The van der Waals surface area contributed by atoms with Gasteiger partial charge in [-0.25, -0.2) is 4.98 Å². The zero-order valence-electron chi connectivity index (χ0n) is 21.3. The maximum absolute atomic E-state index is 12.7. The van der Waals surface area contributed by atoms with Gasteiger partial charge in [0, 0.05) is 43.3 Å². The third-order valence-corrected chi connectivity index (χ3v) is 7.37. The van der Waals surface area contributed by atoms with Crippen molar-refractivity contribution in [1.29, 1.82) is 0 Å². The van der Waals surface area contributed by atoms with Gasteiger partial charge in [0.2, 0.25) is 5.91 Å². The number of benzene rings is 2. The molecule has 0 radical (unpaired) electrons. The summed E-state index contributed by atoms with van der Waals surface area (Å²) in [5, 5.41) is 12.6. The molecule has 202 valence electrons. The first-order valence-corrected chi connectivity index (χ1v) is 13.9. The molecule has 1 amide bonds. The van der Waals surface area contributed by atoms with Crippen molar-refractivity contribution in [3.63, 3.8) is 0 Å². The van der Waals surface area contributed by atoms with Gasteiger partial charge in [0.1, 0.15) is 11.6 Å². The summed E-state index contributed by atoms with van der Waals surface area (Å²) in [6.45, 7) is 1.88. The molecule has 7 nitrogen and oxygen atoms in total. The lowest BCUT2D eigenvalue weighted by Crippen LogP contribution is -2.25. The molecule has 1 aliphatic rings. The fourth-order valence-corrected chi connectivity index (χ4v) is 4.91. The number of carbonyl (C=O) groups excluding carboxylic acids is 1. The van der Waals surface area contributed by atoms with Crippen molar-refractivity contribution in [2.45, 2.75) is 70.9 Å². The SMILES string of the molecule is O=C(O)CCCCCCCOc1ccc(-c2cn3c(n2)CCC3)cc1CNC(=O)Cc1ccc(Cl)c(Cl)c1. The molecule has 0 unspecified atom stereocenters. The molecule has 1 aliphatic heterocycles. The molecule has 0 bridgehead atoms. The number of aromatic nitrogens is 2. The lowest BCUT2D eigenvalue weighted by atomic mass is 10.1. The van der Waals surface area contributed by atoms with Crippen LogP contribution in [0.4, 0.5) is 0 Å². The number of aryl methyl sites for hydroxylation is 2. The molecule has 0 aliphatic carbocycles. The number of amides is 1. The van der Waals surface area contributed by atoms with E-state index in [1.807, 2.05) is 18.2 Å². The van der Waals surface area contributed by atoms with E-state index in [1.165, 1.54) is 0 Å². The van der Waals surface area contributed by atoms with Gasteiger partial charge in [-0.05, 0) is 55.2 Å². The number of nitrogens with zero attached hydrogens (tertiary/aromatic N) is 2. The number of ether oxygens (including phenoxy) is 1. The number of carboxylic acids is 1. The van der Waals surface area contributed by atoms with Gasteiger partial charge in [-0.3, -0.25) is 9.59 Å². The molecule has 0 fully saturated rings. The average molecular weight is 559 g/mol. The summed E-state index contributed by atoms with van der Waals surface area (Å²) in [5.74, 6) is 0.983. The van der Waals surface area contributed by atoms with Crippen molar-refractivity contribution in [2.24, 2.45) is 0 Å². The molecule has 4 rings (SSSR count). The zero-order chi connectivity index (χ0) is 26.9. The molecule has 0 saturated heterocycles. The van der Waals surface area contributed by atoms with E-state index >= 15 is 0 Å². The van der Waals surface area contributed by atoms with E-state index in [2.05, 4.69) is 16.1 Å². The van der Waals surface area contributed by atoms with Crippen LogP contribution in [0.15, 0.2) is 42.6 Å². The van der Waals surface area contributed by atoms with Crippen molar-refractivity contribution in [2.75, 3.05) is 6.61 Å². The molecule has 0 saturated carbocycles. The highest BCUT2D eigenvalue weighted by Gasteiger charge is 2.16. The molecule has 9 heteroatoms. The molecule has 2 N–H and O–H groups in total. The lowest BCUT2D eigenvalue weighted by molar-refractivity contribution is -0.137. The Morgan fingerprint density at radius 2 is 1.84 bits per heavy atom. The van der Waals surface area contributed by atoms with E-state index in [0.717, 1.165) is 79.0 Å². The van der Waals surface area contributed by atoms with Crippen LogP contribution < -0.4 is 10.1 Å². The normalized spacial score (nSPS) is 12.4. The van der Waals surface area contributed by atoms with Gasteiger partial charge in [0.25, 0.3) is 0 Å². The number of imidazole rings is 1. The monoisotopic (exact) mass is 557 g/mol. The first kappa shape index (κ1) is 28.0. The average Bonchev–Trinajstić information content (AvgIpc) is 3.50. The molecule has 0 spiro atoms. The fourth-order valence-electron chi connectivity index (χ4n) is 4.59. The van der Waals surface area contributed by atoms with Crippen molar-refractivity contribution >= 4 is 35.1 Å². The van der Waals surface area contributed by atoms with Gasteiger partial charge in [-0.15, -0.1) is 0 Å². The quantitative estimate of drug-likeness (QED) is 0.221. The standard InChI is InChI=1S/C29H33Cl2N3O4/c30-23-11-9-20(15-24(23)31)16-28(35)32-18-22-17-21(25-19-34-13-6-7-27(34)33-25)10-12-26(22)38-14-5-3-1-2-4-8-29(36)37/h9-12,15,17,19H,1-8,13-14,16,18H2,(H,32,35)(H,36,37). The van der Waals surface area contributed by atoms with Gasteiger partial charge < -0.3 is 19.7 Å². The number of nitrogens with one attached hydrogen (secondary N) is 1. The maximum atomic E-state index is 12.7. The molecule has 3 aromatic rings. The Morgan fingerprint density at radius 3 is 2.63 bits per heavy atom. The number of aliphatic carboxylic acids is 1. The van der Waals surface area contributed by atoms with Gasteiger partial charge >= 0.3 is 5.97 Å². The highest BCUT2D eigenvalue weighted by Crippen LogP contribution is 2.29. The number of fused-ring (bicyclic) bond motifs is 1. The van der Waals surface area contributed by atoms with Crippen LogP contribution in [0.3, 0.4) is 0 Å². The van der Waals surface area contributed by atoms with Crippen LogP contribution in [0.25, 0.3) is 11.3 Å². The number of carboxylic acid groups (broad SMARTS) is 1. The van der Waals surface area contributed by atoms with E-state index < -0.39 is 5.97 Å². The largest absolute Gasteiger partial charge is 0.493 e. The van der Waals surface area contributed by atoms with Gasteiger partial charge in [0.05, 0.1) is 28.8 Å². The summed E-state index contributed by atoms with van der Waals surface area (Å²) in [6, 6.07) is 11.2. The molecule has 2 heterocycles. The summed E-state index contributed by atoms with van der Waals surface area (Å²) in [5.41, 5.74) is 3.60. The van der Waals surface area contributed by atoms with Crippen LogP contribution in [0.1, 0.15) is 61.9 Å². The molecule has 0 atom stereocenters. The molecular weight excluding hydrogens is 525 g/mol. The minimum absolute atomic E-state index is 0.123. The highest BCUT2D eigenvalue weighted by molar-refractivity contribution is 6.42.